The van der Waals surface area contributed by atoms with Gasteiger partial charge in [-0.15, -0.1) is 0 Å². The van der Waals surface area contributed by atoms with Gasteiger partial charge in [0.1, 0.15) is 11.6 Å². The van der Waals surface area contributed by atoms with Crippen LogP contribution in [0.4, 0.5) is 8.78 Å². The van der Waals surface area contributed by atoms with E-state index in [1.807, 2.05) is 19.2 Å². The maximum atomic E-state index is 13.5. The normalized spacial score (nSPS) is 12.7. The topological polar surface area (TPSA) is 12.0 Å². The van der Waals surface area contributed by atoms with E-state index < -0.39 is 0 Å². The molecule has 0 aliphatic carbocycles. The van der Waals surface area contributed by atoms with Crippen molar-refractivity contribution in [1.82, 2.24) is 5.32 Å². The van der Waals surface area contributed by atoms with Crippen LogP contribution in [0.5, 0.6) is 0 Å². The lowest BCUT2D eigenvalue weighted by molar-refractivity contribution is 0.525. The number of rotatable bonds is 5. The molecule has 0 fully saturated rings. The fourth-order valence-corrected chi connectivity index (χ4v) is 2.38. The second-order valence-corrected chi connectivity index (χ2v) is 5.09. The van der Waals surface area contributed by atoms with Crippen molar-refractivity contribution in [2.24, 2.45) is 0 Å². The Kier molecular flexibility index (Phi) is 4.85. The first-order valence-electron chi connectivity index (χ1n) is 6.78. The molecule has 20 heavy (non-hydrogen) atoms. The minimum absolute atomic E-state index is 0.0242. The fraction of sp³-hybridized carbons (Fsp3) is 0.294. The quantitative estimate of drug-likeness (QED) is 0.866. The Morgan fingerprint density at radius 1 is 0.950 bits per heavy atom. The van der Waals surface area contributed by atoms with Crippen molar-refractivity contribution in [3.05, 3.63) is 71.3 Å². The molecule has 0 saturated carbocycles. The Bertz CT molecular complexity index is 523. The van der Waals surface area contributed by atoms with Gasteiger partial charge in [-0.3, -0.25) is 0 Å². The van der Waals surface area contributed by atoms with Crippen molar-refractivity contribution in [3.63, 3.8) is 0 Å². The highest BCUT2D eigenvalue weighted by atomic mass is 19.1. The first-order chi connectivity index (χ1) is 9.60. The molecule has 0 spiro atoms. The molecule has 1 nitrogen and oxygen atoms in total. The summed E-state index contributed by atoms with van der Waals surface area (Å²) in [6.07, 6.45) is 0.781. The highest BCUT2D eigenvalue weighted by molar-refractivity contribution is 5.33. The largest absolute Gasteiger partial charge is 0.317 e. The van der Waals surface area contributed by atoms with E-state index in [1.54, 1.807) is 12.1 Å². The smallest absolute Gasteiger partial charge is 0.123 e. The molecule has 0 aliphatic rings. The molecular formula is C17H19F2N. The monoisotopic (exact) mass is 275 g/mol. The molecule has 0 unspecified atom stereocenters. The zero-order chi connectivity index (χ0) is 14.5. The molecule has 3 heteroatoms. The number of halogens is 2. The summed E-state index contributed by atoms with van der Waals surface area (Å²) in [6, 6.07) is 13.3. The summed E-state index contributed by atoms with van der Waals surface area (Å²) < 4.78 is 26.9. The van der Waals surface area contributed by atoms with Gasteiger partial charge in [-0.2, -0.15) is 0 Å². The van der Waals surface area contributed by atoms with E-state index in [0.29, 0.717) is 0 Å². The van der Waals surface area contributed by atoms with E-state index in [4.69, 9.17) is 0 Å². The summed E-state index contributed by atoms with van der Waals surface area (Å²) in [5.74, 6) is -0.550. The lowest BCUT2D eigenvalue weighted by atomic mass is 9.86. The number of nitrogens with one attached hydrogen (secondary N) is 1. The first-order valence-corrected chi connectivity index (χ1v) is 6.78. The Morgan fingerprint density at radius 2 is 1.45 bits per heavy atom. The van der Waals surface area contributed by atoms with Gasteiger partial charge in [-0.05, 0) is 55.8 Å². The molecule has 2 aromatic rings. The van der Waals surface area contributed by atoms with Crippen LogP contribution in [0.1, 0.15) is 30.4 Å². The third kappa shape index (κ3) is 3.64. The van der Waals surface area contributed by atoms with Crippen molar-refractivity contribution in [2.75, 3.05) is 7.05 Å². The molecule has 0 amide bonds. The Hall–Kier alpha value is -1.74. The first kappa shape index (κ1) is 14.7. The highest BCUT2D eigenvalue weighted by Crippen LogP contribution is 2.30. The molecule has 1 N–H and O–H groups in total. The summed E-state index contributed by atoms with van der Waals surface area (Å²) in [5, 5.41) is 3.18. The van der Waals surface area contributed by atoms with Gasteiger partial charge in [-0.1, -0.05) is 24.3 Å². The average Bonchev–Trinajstić information content (AvgIpc) is 2.44. The molecule has 2 aromatic carbocycles. The fourth-order valence-electron chi connectivity index (χ4n) is 2.38. The van der Waals surface area contributed by atoms with Crippen molar-refractivity contribution in [1.29, 1.82) is 0 Å². The molecule has 2 rings (SSSR count). The maximum Gasteiger partial charge on any atom is 0.123 e. The molecule has 1 atom stereocenters. The van der Waals surface area contributed by atoms with Crippen molar-refractivity contribution in [2.45, 2.75) is 25.3 Å². The third-order valence-electron chi connectivity index (χ3n) is 3.58. The van der Waals surface area contributed by atoms with Gasteiger partial charge >= 0.3 is 0 Å². The predicted octanol–water partition coefficient (Wildman–Crippen LogP) is 4.09. The van der Waals surface area contributed by atoms with Gasteiger partial charge in [0.15, 0.2) is 0 Å². The van der Waals surface area contributed by atoms with Crippen molar-refractivity contribution < 1.29 is 8.78 Å². The Morgan fingerprint density at radius 3 is 1.85 bits per heavy atom. The highest BCUT2D eigenvalue weighted by Gasteiger charge is 2.18. The summed E-state index contributed by atoms with van der Waals surface area (Å²) in [7, 11) is 1.89. The molecule has 0 aliphatic heterocycles. The molecule has 0 saturated heterocycles. The van der Waals surface area contributed by atoms with E-state index in [9.17, 15) is 8.78 Å². The zero-order valence-corrected chi connectivity index (χ0v) is 11.7. The van der Waals surface area contributed by atoms with E-state index in [2.05, 4.69) is 12.2 Å². The van der Waals surface area contributed by atoms with Gasteiger partial charge in [0.05, 0.1) is 0 Å². The van der Waals surface area contributed by atoms with E-state index >= 15 is 0 Å². The standard InChI is InChI=1S/C17H19F2N/c1-12(20-2)9-17(13-5-3-7-15(18)10-13)14-6-4-8-16(19)11-14/h3-8,10-12,17,20H,9H2,1-2H3/t12-/m0/s1. The Labute approximate surface area is 118 Å². The second-order valence-electron chi connectivity index (χ2n) is 5.09. The maximum absolute atomic E-state index is 13.5. The van der Waals surface area contributed by atoms with Crippen molar-refractivity contribution in [3.8, 4) is 0 Å². The van der Waals surface area contributed by atoms with Crippen molar-refractivity contribution >= 4 is 0 Å². The van der Waals surface area contributed by atoms with Crippen LogP contribution in [0.15, 0.2) is 48.5 Å². The number of hydrogen-bond acceptors (Lipinski definition) is 1. The molecule has 106 valence electrons. The number of benzene rings is 2. The predicted molar refractivity (Wildman–Crippen MR) is 77.8 cm³/mol. The van der Waals surface area contributed by atoms with Crippen LogP contribution in [-0.4, -0.2) is 13.1 Å². The second kappa shape index (κ2) is 6.62. The lowest BCUT2D eigenvalue weighted by Gasteiger charge is -2.22. The van der Waals surface area contributed by atoms with Crippen LogP contribution in [0, 0.1) is 11.6 Å². The summed E-state index contributed by atoms with van der Waals surface area (Å²) >= 11 is 0. The van der Waals surface area contributed by atoms with Gasteiger partial charge in [-0.25, -0.2) is 8.78 Å². The van der Waals surface area contributed by atoms with E-state index in [0.717, 1.165) is 17.5 Å². The van der Waals surface area contributed by atoms with Crippen LogP contribution >= 0.6 is 0 Å². The minimum Gasteiger partial charge on any atom is -0.317 e. The zero-order valence-electron chi connectivity index (χ0n) is 11.7. The van der Waals surface area contributed by atoms with Crippen LogP contribution < -0.4 is 5.32 Å². The molecule has 0 bridgehead atoms. The molecule has 0 heterocycles. The van der Waals surface area contributed by atoms with Gasteiger partial charge in [0, 0.05) is 12.0 Å². The average molecular weight is 275 g/mol. The molecule has 0 radical (unpaired) electrons. The van der Waals surface area contributed by atoms with Gasteiger partial charge in [0.2, 0.25) is 0 Å². The Balaban J connectivity index is 2.39. The van der Waals surface area contributed by atoms with Crippen LogP contribution in [0.25, 0.3) is 0 Å². The van der Waals surface area contributed by atoms with Gasteiger partial charge in [0.25, 0.3) is 0 Å². The molecule has 0 aromatic heterocycles. The lowest BCUT2D eigenvalue weighted by Crippen LogP contribution is -2.24. The SMILES string of the molecule is CN[C@@H](C)CC(c1cccc(F)c1)c1cccc(F)c1. The minimum atomic E-state index is -0.263. The summed E-state index contributed by atoms with van der Waals surface area (Å²) in [6.45, 7) is 2.06. The van der Waals surface area contributed by atoms with E-state index in [-0.39, 0.29) is 23.6 Å². The summed E-state index contributed by atoms with van der Waals surface area (Å²) in [5.41, 5.74) is 1.75. The summed E-state index contributed by atoms with van der Waals surface area (Å²) in [4.78, 5) is 0. The van der Waals surface area contributed by atoms with Crippen LogP contribution in [0.2, 0.25) is 0 Å². The van der Waals surface area contributed by atoms with E-state index in [1.165, 1.54) is 24.3 Å². The third-order valence-corrected chi connectivity index (χ3v) is 3.58. The van der Waals surface area contributed by atoms with Crippen LogP contribution in [0.3, 0.4) is 0 Å². The van der Waals surface area contributed by atoms with Gasteiger partial charge < -0.3 is 5.32 Å². The molecular weight excluding hydrogens is 256 g/mol. The number of hydrogen-bond donors (Lipinski definition) is 1. The van der Waals surface area contributed by atoms with Crippen LogP contribution in [-0.2, 0) is 0 Å².